The van der Waals surface area contributed by atoms with Crippen LogP contribution in [-0.4, -0.2) is 11.5 Å². The Hall–Kier alpha value is -2.01. The minimum Gasteiger partial charge on any atom is -0.406 e. The molecule has 2 rings (SSSR count). The molecule has 0 aliphatic carbocycles. The first-order valence-electron chi connectivity index (χ1n) is 6.43. The zero-order valence-corrected chi connectivity index (χ0v) is 11.4. The molecule has 0 radical (unpaired) electrons. The Morgan fingerprint density at radius 1 is 1.00 bits per heavy atom. The van der Waals surface area contributed by atoms with E-state index in [0.29, 0.717) is 12.0 Å². The summed E-state index contributed by atoms with van der Waals surface area (Å²) >= 11 is 0. The van der Waals surface area contributed by atoms with E-state index >= 15 is 0 Å². The fourth-order valence-electron chi connectivity index (χ4n) is 1.96. The maximum absolute atomic E-state index is 12.0. The molecule has 1 unspecified atom stereocenters. The molecule has 21 heavy (non-hydrogen) atoms. The van der Waals surface area contributed by atoms with E-state index in [1.165, 1.54) is 24.3 Å². The highest BCUT2D eigenvalue weighted by Crippen LogP contribution is 2.25. The number of aliphatic hydroxyl groups excluding tert-OH is 1. The Morgan fingerprint density at radius 2 is 1.57 bits per heavy atom. The van der Waals surface area contributed by atoms with Crippen molar-refractivity contribution in [2.75, 3.05) is 0 Å². The van der Waals surface area contributed by atoms with Crippen molar-refractivity contribution in [3.05, 3.63) is 65.2 Å². The van der Waals surface area contributed by atoms with Crippen LogP contribution in [0.4, 0.5) is 13.2 Å². The summed E-state index contributed by atoms with van der Waals surface area (Å²) in [5, 5.41) is 10.1. The van der Waals surface area contributed by atoms with Gasteiger partial charge in [-0.2, -0.15) is 0 Å². The number of benzene rings is 2. The van der Waals surface area contributed by atoms with E-state index in [4.69, 9.17) is 0 Å². The predicted octanol–water partition coefficient (Wildman–Crippen LogP) is 4.17. The van der Waals surface area contributed by atoms with Gasteiger partial charge in [0.05, 0.1) is 6.10 Å². The molecule has 2 nitrogen and oxygen atoms in total. The average Bonchev–Trinajstić information content (AvgIpc) is 2.40. The molecule has 0 spiro atoms. The van der Waals surface area contributed by atoms with Gasteiger partial charge in [0.1, 0.15) is 5.75 Å². The molecular weight excluding hydrogens is 281 g/mol. The standard InChI is InChI=1S/C16H15F3O2/c1-11-2-4-12(5-3-11)10-15(20)13-6-8-14(9-7-13)21-16(17,18)19/h2-9,15,20H,10H2,1H3. The predicted molar refractivity (Wildman–Crippen MR) is 73.0 cm³/mol. The summed E-state index contributed by atoms with van der Waals surface area (Å²) in [6, 6.07) is 13.0. The van der Waals surface area contributed by atoms with Gasteiger partial charge in [-0.3, -0.25) is 0 Å². The lowest BCUT2D eigenvalue weighted by Crippen LogP contribution is -2.17. The van der Waals surface area contributed by atoms with E-state index in [0.717, 1.165) is 11.1 Å². The molecule has 2 aromatic carbocycles. The molecule has 0 aliphatic heterocycles. The molecular formula is C16H15F3O2. The van der Waals surface area contributed by atoms with Crippen LogP contribution in [0.1, 0.15) is 22.8 Å². The second kappa shape index (κ2) is 6.18. The van der Waals surface area contributed by atoms with Crippen LogP contribution in [0.5, 0.6) is 5.75 Å². The lowest BCUT2D eigenvalue weighted by atomic mass is 10.0. The number of aryl methyl sites for hydroxylation is 1. The van der Waals surface area contributed by atoms with Gasteiger partial charge in [0.2, 0.25) is 0 Å². The van der Waals surface area contributed by atoms with Crippen LogP contribution in [0, 0.1) is 6.92 Å². The Kier molecular flexibility index (Phi) is 4.53. The first-order chi connectivity index (χ1) is 9.83. The minimum atomic E-state index is -4.71. The third-order valence-electron chi connectivity index (χ3n) is 3.05. The number of hydrogen-bond donors (Lipinski definition) is 1. The van der Waals surface area contributed by atoms with Gasteiger partial charge in [0, 0.05) is 6.42 Å². The van der Waals surface area contributed by atoms with Crippen LogP contribution >= 0.6 is 0 Å². The second-order valence-electron chi connectivity index (χ2n) is 4.82. The first-order valence-corrected chi connectivity index (χ1v) is 6.43. The van der Waals surface area contributed by atoms with Gasteiger partial charge in [0.25, 0.3) is 0 Å². The highest BCUT2D eigenvalue weighted by Gasteiger charge is 2.31. The molecule has 0 aliphatic rings. The topological polar surface area (TPSA) is 29.5 Å². The van der Waals surface area contributed by atoms with Gasteiger partial charge in [-0.1, -0.05) is 42.0 Å². The highest BCUT2D eigenvalue weighted by molar-refractivity contribution is 5.30. The average molecular weight is 296 g/mol. The molecule has 112 valence electrons. The monoisotopic (exact) mass is 296 g/mol. The van der Waals surface area contributed by atoms with Gasteiger partial charge in [0.15, 0.2) is 0 Å². The Morgan fingerprint density at radius 3 is 2.10 bits per heavy atom. The van der Waals surface area contributed by atoms with E-state index in [1.54, 1.807) is 0 Å². The molecule has 2 aromatic rings. The molecule has 0 saturated heterocycles. The molecule has 0 fully saturated rings. The Balaban J connectivity index is 2.02. The smallest absolute Gasteiger partial charge is 0.406 e. The fraction of sp³-hybridized carbons (Fsp3) is 0.250. The largest absolute Gasteiger partial charge is 0.573 e. The van der Waals surface area contributed by atoms with Crippen molar-refractivity contribution in [1.29, 1.82) is 0 Å². The van der Waals surface area contributed by atoms with Gasteiger partial charge >= 0.3 is 6.36 Å². The number of hydrogen-bond acceptors (Lipinski definition) is 2. The number of rotatable bonds is 4. The van der Waals surface area contributed by atoms with Gasteiger partial charge in [-0.15, -0.1) is 13.2 Å². The summed E-state index contributed by atoms with van der Waals surface area (Å²) in [4.78, 5) is 0. The normalized spacial score (nSPS) is 13.0. The van der Waals surface area contributed by atoms with Crippen LogP contribution in [0.3, 0.4) is 0 Å². The molecule has 0 saturated carbocycles. The van der Waals surface area contributed by atoms with E-state index in [9.17, 15) is 18.3 Å². The lowest BCUT2D eigenvalue weighted by molar-refractivity contribution is -0.274. The van der Waals surface area contributed by atoms with Gasteiger partial charge in [-0.25, -0.2) is 0 Å². The molecule has 1 atom stereocenters. The van der Waals surface area contributed by atoms with Crippen molar-refractivity contribution >= 4 is 0 Å². The maximum atomic E-state index is 12.0. The van der Waals surface area contributed by atoms with Gasteiger partial charge < -0.3 is 9.84 Å². The SMILES string of the molecule is Cc1ccc(CC(O)c2ccc(OC(F)(F)F)cc2)cc1. The summed E-state index contributed by atoms with van der Waals surface area (Å²) in [5.41, 5.74) is 2.63. The molecule has 0 aromatic heterocycles. The number of aliphatic hydroxyl groups is 1. The zero-order valence-electron chi connectivity index (χ0n) is 11.4. The van der Waals surface area contributed by atoms with Crippen molar-refractivity contribution in [1.82, 2.24) is 0 Å². The zero-order chi connectivity index (χ0) is 15.5. The summed E-state index contributed by atoms with van der Waals surface area (Å²) in [6.45, 7) is 1.97. The molecule has 0 bridgehead atoms. The molecule has 5 heteroatoms. The van der Waals surface area contributed by atoms with Crippen LogP contribution in [0.2, 0.25) is 0 Å². The van der Waals surface area contributed by atoms with E-state index in [2.05, 4.69) is 4.74 Å². The van der Waals surface area contributed by atoms with E-state index in [1.807, 2.05) is 31.2 Å². The van der Waals surface area contributed by atoms with E-state index < -0.39 is 12.5 Å². The third-order valence-corrected chi connectivity index (χ3v) is 3.05. The third kappa shape index (κ3) is 4.79. The summed E-state index contributed by atoms with van der Waals surface area (Å²) in [5.74, 6) is -0.297. The quantitative estimate of drug-likeness (QED) is 0.917. The fourth-order valence-corrected chi connectivity index (χ4v) is 1.96. The van der Waals surface area contributed by atoms with Crippen LogP contribution < -0.4 is 4.74 Å². The number of halogens is 3. The van der Waals surface area contributed by atoms with E-state index in [-0.39, 0.29) is 5.75 Å². The Bertz CT molecular complexity index is 574. The van der Waals surface area contributed by atoms with Crippen molar-refractivity contribution < 1.29 is 23.0 Å². The molecule has 0 heterocycles. The van der Waals surface area contributed by atoms with Crippen LogP contribution in [0.25, 0.3) is 0 Å². The highest BCUT2D eigenvalue weighted by atomic mass is 19.4. The molecule has 0 amide bonds. The summed E-state index contributed by atoms with van der Waals surface area (Å²) in [6.07, 6.45) is -5.07. The second-order valence-corrected chi connectivity index (χ2v) is 4.82. The van der Waals surface area contributed by atoms with Crippen molar-refractivity contribution in [3.63, 3.8) is 0 Å². The van der Waals surface area contributed by atoms with Crippen molar-refractivity contribution in [3.8, 4) is 5.75 Å². The Labute approximate surface area is 120 Å². The van der Waals surface area contributed by atoms with Crippen molar-refractivity contribution in [2.45, 2.75) is 25.8 Å². The van der Waals surface area contributed by atoms with Crippen LogP contribution in [0.15, 0.2) is 48.5 Å². The van der Waals surface area contributed by atoms with Crippen LogP contribution in [-0.2, 0) is 6.42 Å². The summed E-state index contributed by atoms with van der Waals surface area (Å²) in [7, 11) is 0. The lowest BCUT2D eigenvalue weighted by Gasteiger charge is -2.13. The molecule has 1 N–H and O–H groups in total. The maximum Gasteiger partial charge on any atom is 0.573 e. The number of ether oxygens (including phenoxy) is 1. The first kappa shape index (κ1) is 15.4. The summed E-state index contributed by atoms with van der Waals surface area (Å²) < 4.78 is 39.9. The minimum absolute atomic E-state index is 0.297. The van der Waals surface area contributed by atoms with Gasteiger partial charge in [-0.05, 0) is 30.2 Å². The van der Waals surface area contributed by atoms with Crippen molar-refractivity contribution in [2.24, 2.45) is 0 Å². The number of alkyl halides is 3.